The van der Waals surface area contributed by atoms with Crippen LogP contribution in [0.5, 0.6) is 5.75 Å². The number of carbonyl (C=O) groups is 1. The molecule has 3 rings (SSSR count). The van der Waals surface area contributed by atoms with E-state index in [4.69, 9.17) is 0 Å². The molecule has 0 unspecified atom stereocenters. The Kier molecular flexibility index (Phi) is 3.29. The van der Waals surface area contributed by atoms with Crippen molar-refractivity contribution in [1.82, 2.24) is 4.72 Å². The summed E-state index contributed by atoms with van der Waals surface area (Å²) >= 11 is 0. The lowest BCUT2D eigenvalue weighted by atomic mass is 10.00. The number of phenols is 1. The maximum atomic E-state index is 11.9. The Hall–Kier alpha value is -2.54. The number of nitrogens with zero attached hydrogens (tertiary/aromatic N) is 1. The monoisotopic (exact) mass is 318 g/mol. The molecule has 6 nitrogen and oxygen atoms in total. The van der Waals surface area contributed by atoms with Crippen molar-refractivity contribution in [3.63, 3.8) is 0 Å². The van der Waals surface area contributed by atoms with Gasteiger partial charge in [-0.1, -0.05) is 30.3 Å². The highest BCUT2D eigenvalue weighted by Crippen LogP contribution is 2.35. The number of carbonyl (C=O) groups excluding carboxylic acids is 1. The lowest BCUT2D eigenvalue weighted by molar-refractivity contribution is -0.117. The second kappa shape index (κ2) is 5.03. The zero-order valence-electron chi connectivity index (χ0n) is 11.8. The summed E-state index contributed by atoms with van der Waals surface area (Å²) in [5.41, 5.74) is 2.80. The zero-order valence-corrected chi connectivity index (χ0v) is 12.6. The second-order valence-electron chi connectivity index (χ2n) is 5.06. The van der Waals surface area contributed by atoms with Gasteiger partial charge >= 0.3 is 10.2 Å². The molecule has 2 aromatic carbocycles. The van der Waals surface area contributed by atoms with Crippen LogP contribution in [-0.4, -0.2) is 26.0 Å². The summed E-state index contributed by atoms with van der Waals surface area (Å²) < 4.78 is 26.6. The largest absolute Gasteiger partial charge is 0.506 e. The van der Waals surface area contributed by atoms with Gasteiger partial charge in [-0.15, -0.1) is 0 Å². The molecule has 0 bridgehead atoms. The third kappa shape index (κ3) is 2.39. The van der Waals surface area contributed by atoms with Gasteiger partial charge in [0.25, 0.3) is 5.91 Å². The molecule has 2 aromatic rings. The van der Waals surface area contributed by atoms with Crippen LogP contribution in [0, 0.1) is 6.92 Å². The number of phenolic OH excluding ortho intramolecular Hbond substituents is 1. The fourth-order valence-electron chi connectivity index (χ4n) is 2.45. The van der Waals surface area contributed by atoms with Gasteiger partial charge < -0.3 is 5.11 Å². The minimum atomic E-state index is -3.95. The van der Waals surface area contributed by atoms with Crippen LogP contribution in [-0.2, 0) is 15.0 Å². The first-order valence-electron chi connectivity index (χ1n) is 6.61. The van der Waals surface area contributed by atoms with Crippen LogP contribution >= 0.6 is 0 Å². The number of aromatic hydroxyl groups is 1. The summed E-state index contributed by atoms with van der Waals surface area (Å²) in [6, 6.07) is 12.3. The van der Waals surface area contributed by atoms with E-state index >= 15 is 0 Å². The molecule has 0 atom stereocenters. The molecule has 7 heteroatoms. The topological polar surface area (TPSA) is 86.7 Å². The zero-order chi connectivity index (χ0) is 15.9. The second-order valence-corrected chi connectivity index (χ2v) is 6.65. The Morgan fingerprint density at radius 2 is 1.91 bits per heavy atom. The van der Waals surface area contributed by atoms with Gasteiger partial charge in [-0.05, 0) is 35.7 Å². The SMILES string of the molecule is Cc1ccccc1-c1ccc(O)c(N2CC(=O)NS2(=O)=O)c1. The molecule has 0 saturated carbocycles. The molecule has 2 N–H and O–H groups in total. The highest BCUT2D eigenvalue weighted by Gasteiger charge is 2.35. The van der Waals surface area contributed by atoms with Crippen LogP contribution in [0.3, 0.4) is 0 Å². The fourth-order valence-corrected chi connectivity index (χ4v) is 3.60. The third-order valence-electron chi connectivity index (χ3n) is 3.52. The number of amides is 1. The molecule has 1 saturated heterocycles. The Morgan fingerprint density at radius 1 is 1.18 bits per heavy atom. The van der Waals surface area contributed by atoms with Gasteiger partial charge in [0.05, 0.1) is 5.69 Å². The van der Waals surface area contributed by atoms with E-state index in [0.29, 0.717) is 0 Å². The van der Waals surface area contributed by atoms with Gasteiger partial charge in [0.2, 0.25) is 0 Å². The van der Waals surface area contributed by atoms with Crippen LogP contribution in [0.2, 0.25) is 0 Å². The maximum Gasteiger partial charge on any atom is 0.326 e. The van der Waals surface area contributed by atoms with Crippen molar-refractivity contribution in [2.24, 2.45) is 0 Å². The molecule has 1 amide bonds. The molecule has 1 fully saturated rings. The van der Waals surface area contributed by atoms with Gasteiger partial charge in [0.15, 0.2) is 0 Å². The predicted molar refractivity (Wildman–Crippen MR) is 82.7 cm³/mol. The van der Waals surface area contributed by atoms with Gasteiger partial charge in [-0.2, -0.15) is 8.42 Å². The van der Waals surface area contributed by atoms with Crippen molar-refractivity contribution < 1.29 is 18.3 Å². The summed E-state index contributed by atoms with van der Waals surface area (Å²) in [6.07, 6.45) is 0. The van der Waals surface area contributed by atoms with Gasteiger partial charge in [0.1, 0.15) is 12.3 Å². The highest BCUT2D eigenvalue weighted by atomic mass is 32.2. The average Bonchev–Trinajstić information content (AvgIpc) is 2.73. The predicted octanol–water partition coefficient (Wildman–Crippen LogP) is 1.55. The molecule has 0 aromatic heterocycles. The first kappa shape index (κ1) is 14.4. The highest BCUT2D eigenvalue weighted by molar-refractivity contribution is 7.92. The fraction of sp³-hybridized carbons (Fsp3) is 0.133. The van der Waals surface area contributed by atoms with Crippen molar-refractivity contribution in [1.29, 1.82) is 0 Å². The van der Waals surface area contributed by atoms with Crippen LogP contribution < -0.4 is 9.03 Å². The van der Waals surface area contributed by atoms with Crippen molar-refractivity contribution in [3.05, 3.63) is 48.0 Å². The van der Waals surface area contributed by atoms with E-state index in [2.05, 4.69) is 0 Å². The number of hydrogen-bond donors (Lipinski definition) is 2. The molecule has 22 heavy (non-hydrogen) atoms. The lowest BCUT2D eigenvalue weighted by Gasteiger charge is -2.17. The van der Waals surface area contributed by atoms with Crippen LogP contribution in [0.15, 0.2) is 42.5 Å². The molecule has 1 heterocycles. The van der Waals surface area contributed by atoms with Crippen LogP contribution in [0.4, 0.5) is 5.69 Å². The number of aryl methyl sites for hydroxylation is 1. The van der Waals surface area contributed by atoms with Crippen LogP contribution in [0.1, 0.15) is 5.56 Å². The number of hydrogen-bond acceptors (Lipinski definition) is 4. The molecule has 1 aliphatic heterocycles. The van der Waals surface area contributed by atoms with E-state index in [1.54, 1.807) is 12.1 Å². The normalized spacial score (nSPS) is 16.6. The summed E-state index contributed by atoms with van der Waals surface area (Å²) in [5, 5.41) is 9.98. The Labute approximate surface area is 128 Å². The Morgan fingerprint density at radius 3 is 2.55 bits per heavy atom. The molecule has 0 aliphatic carbocycles. The standard InChI is InChI=1S/C15H14N2O4S/c1-10-4-2-3-5-12(10)11-6-7-14(18)13(8-11)17-9-15(19)16-22(17,20)21/h2-8,18H,9H2,1H3,(H,16,19). The maximum absolute atomic E-state index is 11.9. The Balaban J connectivity index is 2.13. The van der Waals surface area contributed by atoms with E-state index in [1.807, 2.05) is 35.9 Å². The molecular formula is C15H14N2O4S. The van der Waals surface area contributed by atoms with Gasteiger partial charge in [0, 0.05) is 0 Å². The quantitative estimate of drug-likeness (QED) is 0.879. The molecule has 1 aliphatic rings. The lowest BCUT2D eigenvalue weighted by Crippen LogP contribution is -2.29. The number of anilines is 1. The van der Waals surface area contributed by atoms with Crippen LogP contribution in [0.25, 0.3) is 11.1 Å². The molecule has 114 valence electrons. The number of benzene rings is 2. The van der Waals surface area contributed by atoms with E-state index in [9.17, 15) is 18.3 Å². The van der Waals surface area contributed by atoms with E-state index in [-0.39, 0.29) is 18.0 Å². The first-order valence-corrected chi connectivity index (χ1v) is 8.05. The van der Waals surface area contributed by atoms with E-state index in [1.165, 1.54) is 6.07 Å². The Bertz CT molecular complexity index is 862. The minimum Gasteiger partial charge on any atom is -0.506 e. The first-order chi connectivity index (χ1) is 10.4. The molecular weight excluding hydrogens is 304 g/mol. The summed E-state index contributed by atoms with van der Waals surface area (Å²) in [6.45, 7) is 1.60. The smallest absolute Gasteiger partial charge is 0.326 e. The summed E-state index contributed by atoms with van der Waals surface area (Å²) in [4.78, 5) is 11.3. The van der Waals surface area contributed by atoms with Crippen molar-refractivity contribution in [2.45, 2.75) is 6.92 Å². The van der Waals surface area contributed by atoms with Crippen molar-refractivity contribution in [2.75, 3.05) is 10.8 Å². The van der Waals surface area contributed by atoms with E-state index < -0.39 is 16.1 Å². The number of rotatable bonds is 2. The number of nitrogens with one attached hydrogen (secondary N) is 1. The minimum absolute atomic E-state index is 0.0825. The molecule has 0 spiro atoms. The van der Waals surface area contributed by atoms with E-state index in [0.717, 1.165) is 21.0 Å². The van der Waals surface area contributed by atoms with Gasteiger partial charge in [-0.3, -0.25) is 4.79 Å². The summed E-state index contributed by atoms with van der Waals surface area (Å²) in [5.74, 6) is -0.821. The average molecular weight is 318 g/mol. The summed E-state index contributed by atoms with van der Waals surface area (Å²) in [7, 11) is -3.95. The van der Waals surface area contributed by atoms with Crippen molar-refractivity contribution >= 4 is 21.8 Å². The van der Waals surface area contributed by atoms with Gasteiger partial charge in [-0.25, -0.2) is 9.03 Å². The van der Waals surface area contributed by atoms with Crippen molar-refractivity contribution in [3.8, 4) is 16.9 Å². The molecule has 0 radical (unpaired) electrons. The third-order valence-corrected chi connectivity index (χ3v) is 4.91.